The molecule has 1 heterocycles. The summed E-state index contributed by atoms with van der Waals surface area (Å²) in [5.41, 5.74) is 7.89. The van der Waals surface area contributed by atoms with Crippen molar-refractivity contribution in [2.45, 2.75) is 32.4 Å². The molecule has 0 radical (unpaired) electrons. The fraction of sp³-hybridized carbons (Fsp3) is 0.227. The van der Waals surface area contributed by atoms with Crippen LogP contribution in [0.4, 0.5) is 14.5 Å². The van der Waals surface area contributed by atoms with Crippen molar-refractivity contribution in [1.29, 1.82) is 0 Å². The second-order valence-corrected chi connectivity index (χ2v) is 7.00. The minimum atomic E-state index is -0.726. The zero-order chi connectivity index (χ0) is 21.7. The highest BCUT2D eigenvalue weighted by molar-refractivity contribution is 6.05. The summed E-state index contributed by atoms with van der Waals surface area (Å²) in [5, 5.41) is 5.43. The fourth-order valence-electron chi connectivity index (χ4n) is 3.10. The average Bonchev–Trinajstić information content (AvgIpc) is 2.87. The van der Waals surface area contributed by atoms with Crippen molar-refractivity contribution in [3.05, 3.63) is 77.0 Å². The van der Waals surface area contributed by atoms with E-state index in [1.54, 1.807) is 6.92 Å². The molecular formula is C22H22F2N4O2. The van der Waals surface area contributed by atoms with Crippen molar-refractivity contribution >= 4 is 23.2 Å². The lowest BCUT2D eigenvalue weighted by Gasteiger charge is -2.15. The predicted molar refractivity (Wildman–Crippen MR) is 111 cm³/mol. The molecular weight excluding hydrogens is 390 g/mol. The maximum Gasteiger partial charge on any atom is 0.267 e. The summed E-state index contributed by atoms with van der Waals surface area (Å²) in [4.78, 5) is 28.9. The van der Waals surface area contributed by atoms with E-state index in [0.717, 1.165) is 29.4 Å². The first kappa shape index (κ1) is 21.2. The van der Waals surface area contributed by atoms with Crippen molar-refractivity contribution < 1.29 is 18.4 Å². The molecule has 2 aromatic rings. The Bertz CT molecular complexity index is 1030. The molecule has 1 atom stereocenters. The molecule has 2 amide bonds. The molecule has 0 bridgehead atoms. The van der Waals surface area contributed by atoms with Crippen molar-refractivity contribution in [3.8, 4) is 0 Å². The van der Waals surface area contributed by atoms with Crippen LogP contribution in [-0.4, -0.2) is 23.6 Å². The number of benzene rings is 2. The van der Waals surface area contributed by atoms with Gasteiger partial charge in [-0.05, 0) is 55.7 Å². The summed E-state index contributed by atoms with van der Waals surface area (Å²) in [6.45, 7) is 1.50. The third-order valence-corrected chi connectivity index (χ3v) is 4.73. The number of halogens is 2. The van der Waals surface area contributed by atoms with Crippen LogP contribution >= 0.6 is 0 Å². The first-order valence-corrected chi connectivity index (χ1v) is 9.45. The fourth-order valence-corrected chi connectivity index (χ4v) is 3.10. The highest BCUT2D eigenvalue weighted by Crippen LogP contribution is 2.21. The Morgan fingerprint density at radius 3 is 2.87 bits per heavy atom. The zero-order valence-corrected chi connectivity index (χ0v) is 16.4. The summed E-state index contributed by atoms with van der Waals surface area (Å²) in [7, 11) is 0. The van der Waals surface area contributed by atoms with E-state index in [9.17, 15) is 18.4 Å². The molecule has 0 aromatic heterocycles. The lowest BCUT2D eigenvalue weighted by atomic mass is 10.1. The van der Waals surface area contributed by atoms with E-state index in [-0.39, 0.29) is 23.7 Å². The van der Waals surface area contributed by atoms with Crippen molar-refractivity contribution in [1.82, 2.24) is 5.32 Å². The van der Waals surface area contributed by atoms with E-state index in [0.29, 0.717) is 18.6 Å². The molecule has 0 aliphatic carbocycles. The molecule has 0 saturated heterocycles. The highest BCUT2D eigenvalue weighted by atomic mass is 19.1. The largest absolute Gasteiger partial charge is 0.394 e. The zero-order valence-electron chi connectivity index (χ0n) is 16.4. The number of carbonyl (C=O) groups is 2. The average molecular weight is 412 g/mol. The first-order valence-electron chi connectivity index (χ1n) is 9.45. The van der Waals surface area contributed by atoms with Crippen LogP contribution in [0.25, 0.3) is 0 Å². The van der Waals surface area contributed by atoms with E-state index in [2.05, 4.69) is 15.6 Å². The Morgan fingerprint density at radius 1 is 1.30 bits per heavy atom. The van der Waals surface area contributed by atoms with Gasteiger partial charge in [-0.2, -0.15) is 0 Å². The minimum absolute atomic E-state index is 0.0931. The predicted octanol–water partition coefficient (Wildman–Crippen LogP) is 2.84. The molecule has 30 heavy (non-hydrogen) atoms. The van der Waals surface area contributed by atoms with E-state index >= 15 is 0 Å². The van der Waals surface area contributed by atoms with Crippen LogP contribution in [0.5, 0.6) is 0 Å². The summed E-state index contributed by atoms with van der Waals surface area (Å²) < 4.78 is 26.9. The third-order valence-electron chi connectivity index (χ3n) is 4.73. The Morgan fingerprint density at radius 2 is 2.07 bits per heavy atom. The third kappa shape index (κ3) is 5.28. The Balaban J connectivity index is 1.62. The number of fused-ring (bicyclic) bond motifs is 1. The SMILES string of the molecule is CC(C=C(N)C(=O)N[C@H]1CCc2ccccc2NC1=O)=NCc1cc(F)ccc1F. The Hall–Kier alpha value is -3.55. The second kappa shape index (κ2) is 9.30. The minimum Gasteiger partial charge on any atom is -0.394 e. The van der Waals surface area contributed by atoms with Gasteiger partial charge in [-0.15, -0.1) is 0 Å². The molecule has 1 aliphatic rings. The van der Waals surface area contributed by atoms with Gasteiger partial charge in [0.15, 0.2) is 0 Å². The molecule has 2 aromatic carbocycles. The van der Waals surface area contributed by atoms with Gasteiger partial charge >= 0.3 is 0 Å². The molecule has 4 N–H and O–H groups in total. The van der Waals surface area contributed by atoms with E-state index in [1.807, 2.05) is 24.3 Å². The Labute approximate surface area is 172 Å². The van der Waals surface area contributed by atoms with Crippen molar-refractivity contribution in [3.63, 3.8) is 0 Å². The van der Waals surface area contributed by atoms with Gasteiger partial charge in [0.2, 0.25) is 5.91 Å². The van der Waals surface area contributed by atoms with Crippen molar-refractivity contribution in [2.75, 3.05) is 5.32 Å². The number of hydrogen-bond donors (Lipinski definition) is 3. The summed E-state index contributed by atoms with van der Waals surface area (Å²) in [6.07, 6.45) is 2.40. The number of carbonyl (C=O) groups excluding carboxylic acids is 2. The standard InChI is InChI=1S/C22H22F2N4O2/c1-13(26-12-15-11-16(23)7-8-17(15)24)10-18(25)21(29)28-20-9-6-14-4-2-3-5-19(14)27-22(20)30/h2-5,7-8,10-11,20H,6,9,12,25H2,1H3,(H,27,30)(H,28,29)/t20-/m0/s1. The van der Waals surface area contributed by atoms with Gasteiger partial charge in [0, 0.05) is 17.0 Å². The van der Waals surface area contributed by atoms with Crippen molar-refractivity contribution in [2.24, 2.45) is 10.7 Å². The monoisotopic (exact) mass is 412 g/mol. The molecule has 1 aliphatic heterocycles. The van der Waals surface area contributed by atoms with E-state index in [4.69, 9.17) is 5.73 Å². The maximum atomic E-state index is 13.7. The van der Waals surface area contributed by atoms with E-state index in [1.165, 1.54) is 6.08 Å². The van der Waals surface area contributed by atoms with Crippen LogP contribution in [0.2, 0.25) is 0 Å². The van der Waals surface area contributed by atoms with Gasteiger partial charge in [-0.3, -0.25) is 14.6 Å². The van der Waals surface area contributed by atoms with Gasteiger partial charge in [-0.1, -0.05) is 18.2 Å². The molecule has 0 fully saturated rings. The summed E-state index contributed by atoms with van der Waals surface area (Å²) >= 11 is 0. The molecule has 3 rings (SSSR count). The highest BCUT2D eigenvalue weighted by Gasteiger charge is 2.25. The number of anilines is 1. The number of para-hydroxylation sites is 1. The van der Waals surface area contributed by atoms with Gasteiger partial charge in [0.1, 0.15) is 17.7 Å². The number of nitrogens with two attached hydrogens (primary N) is 1. The molecule has 6 nitrogen and oxygen atoms in total. The second-order valence-electron chi connectivity index (χ2n) is 7.00. The number of hydrogen-bond acceptors (Lipinski definition) is 4. The number of aliphatic imine (C=N–C) groups is 1. The number of aryl methyl sites for hydroxylation is 1. The number of nitrogens with zero attached hydrogens (tertiary/aromatic N) is 1. The lowest BCUT2D eigenvalue weighted by molar-refractivity contribution is -0.124. The van der Waals surface area contributed by atoms with Gasteiger partial charge in [0.25, 0.3) is 5.91 Å². The number of amides is 2. The molecule has 0 unspecified atom stereocenters. The van der Waals surface area contributed by atoms with E-state index < -0.39 is 23.6 Å². The van der Waals surface area contributed by atoms with Crippen LogP contribution in [0.15, 0.2) is 59.2 Å². The molecule has 0 spiro atoms. The summed E-state index contributed by atoms with van der Waals surface area (Å²) in [6, 6.07) is 9.86. The number of nitrogens with one attached hydrogen (secondary N) is 2. The first-order chi connectivity index (χ1) is 14.3. The molecule has 8 heteroatoms. The summed E-state index contributed by atoms with van der Waals surface area (Å²) in [5.74, 6) is -2.04. The van der Waals surface area contributed by atoms with Crippen LogP contribution < -0.4 is 16.4 Å². The Kier molecular flexibility index (Phi) is 6.56. The lowest BCUT2D eigenvalue weighted by Crippen LogP contribution is -2.44. The van der Waals surface area contributed by atoms with Gasteiger partial charge in [0.05, 0.1) is 12.2 Å². The van der Waals surface area contributed by atoms with Gasteiger partial charge in [-0.25, -0.2) is 8.78 Å². The quantitative estimate of drug-likeness (QED) is 0.520. The topological polar surface area (TPSA) is 96.6 Å². The smallest absolute Gasteiger partial charge is 0.267 e. The van der Waals surface area contributed by atoms with Crippen LogP contribution in [-0.2, 0) is 22.6 Å². The normalized spacial score (nSPS) is 17.0. The van der Waals surface area contributed by atoms with Gasteiger partial charge < -0.3 is 16.4 Å². The van der Waals surface area contributed by atoms with Crippen LogP contribution in [0.3, 0.4) is 0 Å². The molecule has 156 valence electrons. The number of rotatable bonds is 5. The van der Waals surface area contributed by atoms with Crippen LogP contribution in [0, 0.1) is 11.6 Å². The molecule has 0 saturated carbocycles. The maximum absolute atomic E-state index is 13.7. The number of allylic oxidation sites excluding steroid dienone is 1. The van der Waals surface area contributed by atoms with Crippen LogP contribution in [0.1, 0.15) is 24.5 Å².